The molecule has 0 saturated heterocycles. The van der Waals surface area contributed by atoms with E-state index in [9.17, 15) is 25.6 Å². The minimum absolute atomic E-state index is 0.0214. The van der Waals surface area contributed by atoms with Crippen molar-refractivity contribution in [3.05, 3.63) is 42.5 Å². The summed E-state index contributed by atoms with van der Waals surface area (Å²) in [7, 11) is -8.74. The quantitative estimate of drug-likeness (QED) is 0.819. The Balaban J connectivity index is 1.84. The van der Waals surface area contributed by atoms with Crippen molar-refractivity contribution >= 4 is 25.5 Å². The SMILES string of the molecule is O=S(=O)(Nc1ccc(S(=O)(=O)C(F)F)cc1)c1ccc2c(c1)OCCO2. The predicted molar refractivity (Wildman–Crippen MR) is 87.9 cm³/mol. The standard InChI is InChI=1S/C15H13F2NO6S2/c16-15(17)25(19,20)11-3-1-10(2-4-11)18-26(21,22)12-5-6-13-14(9-12)24-8-7-23-13/h1-6,9,15,18H,7-8H2. The first-order valence-corrected chi connectivity index (χ1v) is 10.3. The number of fused-ring (bicyclic) bond motifs is 1. The summed E-state index contributed by atoms with van der Waals surface area (Å²) in [5.41, 5.74) is 0.0214. The third-order valence-electron chi connectivity index (χ3n) is 3.49. The summed E-state index contributed by atoms with van der Waals surface area (Å²) >= 11 is 0. The number of anilines is 1. The molecule has 0 atom stereocenters. The molecule has 0 saturated carbocycles. The highest BCUT2D eigenvalue weighted by Crippen LogP contribution is 2.32. The van der Waals surface area contributed by atoms with Crippen molar-refractivity contribution in [1.29, 1.82) is 0 Å². The fourth-order valence-corrected chi connectivity index (χ4v) is 4.02. The Morgan fingerprint density at radius 3 is 2.04 bits per heavy atom. The molecule has 0 aromatic heterocycles. The average Bonchev–Trinajstić information content (AvgIpc) is 2.61. The number of nitrogens with one attached hydrogen (secondary N) is 1. The Morgan fingerprint density at radius 1 is 0.846 bits per heavy atom. The third-order valence-corrected chi connectivity index (χ3v) is 6.27. The number of hydrogen-bond donors (Lipinski definition) is 1. The molecular formula is C15H13F2NO6S2. The lowest BCUT2D eigenvalue weighted by Crippen LogP contribution is -2.17. The molecule has 0 radical (unpaired) electrons. The van der Waals surface area contributed by atoms with Gasteiger partial charge in [-0.2, -0.15) is 8.78 Å². The fraction of sp³-hybridized carbons (Fsp3) is 0.200. The van der Waals surface area contributed by atoms with E-state index in [4.69, 9.17) is 9.47 Å². The lowest BCUT2D eigenvalue weighted by atomic mass is 10.3. The zero-order chi connectivity index (χ0) is 18.9. The summed E-state index contributed by atoms with van der Waals surface area (Å²) in [6.45, 7) is 0.662. The summed E-state index contributed by atoms with van der Waals surface area (Å²) in [4.78, 5) is -0.694. The van der Waals surface area contributed by atoms with Crippen LogP contribution in [0.4, 0.5) is 14.5 Å². The lowest BCUT2D eigenvalue weighted by molar-refractivity contribution is 0.171. The van der Waals surface area contributed by atoms with Crippen LogP contribution in [0.1, 0.15) is 0 Å². The first-order valence-electron chi connectivity index (χ1n) is 7.25. The summed E-state index contributed by atoms with van der Waals surface area (Å²) < 4.78 is 85.5. The van der Waals surface area contributed by atoms with E-state index in [0.717, 1.165) is 24.3 Å². The molecule has 0 fully saturated rings. The monoisotopic (exact) mass is 405 g/mol. The number of sulfone groups is 1. The molecule has 0 bridgehead atoms. The molecule has 1 aliphatic rings. The van der Waals surface area contributed by atoms with Crippen molar-refractivity contribution in [2.45, 2.75) is 15.5 Å². The van der Waals surface area contributed by atoms with Gasteiger partial charge in [0.05, 0.1) is 9.79 Å². The van der Waals surface area contributed by atoms with Crippen LogP contribution in [0.2, 0.25) is 0 Å². The molecule has 0 spiro atoms. The number of hydrogen-bond acceptors (Lipinski definition) is 6. The van der Waals surface area contributed by atoms with E-state index in [-0.39, 0.29) is 16.3 Å². The summed E-state index contributed by atoms with van der Waals surface area (Å²) in [6.07, 6.45) is 0. The fourth-order valence-electron chi connectivity index (χ4n) is 2.22. The minimum atomic E-state index is -4.74. The van der Waals surface area contributed by atoms with Crippen molar-refractivity contribution in [2.24, 2.45) is 0 Å². The Bertz CT molecular complexity index is 1020. The van der Waals surface area contributed by atoms with E-state index in [2.05, 4.69) is 4.72 Å². The van der Waals surface area contributed by atoms with Gasteiger partial charge in [-0.05, 0) is 36.4 Å². The van der Waals surface area contributed by atoms with Crippen molar-refractivity contribution in [1.82, 2.24) is 0 Å². The molecule has 3 rings (SSSR count). The highest BCUT2D eigenvalue weighted by atomic mass is 32.2. The van der Waals surface area contributed by atoms with Gasteiger partial charge in [0.1, 0.15) is 13.2 Å². The topological polar surface area (TPSA) is 98.8 Å². The van der Waals surface area contributed by atoms with Crippen LogP contribution < -0.4 is 14.2 Å². The van der Waals surface area contributed by atoms with Gasteiger partial charge < -0.3 is 9.47 Å². The van der Waals surface area contributed by atoms with Gasteiger partial charge in [0, 0.05) is 11.8 Å². The van der Waals surface area contributed by atoms with E-state index in [1.54, 1.807) is 0 Å². The largest absolute Gasteiger partial charge is 0.486 e. The summed E-state index contributed by atoms with van der Waals surface area (Å²) in [5, 5.41) is 0. The first kappa shape index (κ1) is 18.4. The second-order valence-corrected chi connectivity index (χ2v) is 8.84. The maximum Gasteiger partial charge on any atom is 0.341 e. The third kappa shape index (κ3) is 3.58. The number of alkyl halides is 2. The minimum Gasteiger partial charge on any atom is -0.486 e. The molecule has 0 unspecified atom stereocenters. The second-order valence-electron chi connectivity index (χ2n) is 5.24. The van der Waals surface area contributed by atoms with E-state index < -0.39 is 30.5 Å². The summed E-state index contributed by atoms with van der Waals surface area (Å²) in [6, 6.07) is 8.07. The van der Waals surface area contributed by atoms with Crippen LogP contribution in [0.5, 0.6) is 11.5 Å². The van der Waals surface area contributed by atoms with Gasteiger partial charge in [-0.3, -0.25) is 4.72 Å². The van der Waals surface area contributed by atoms with E-state index in [1.165, 1.54) is 18.2 Å². The van der Waals surface area contributed by atoms with Gasteiger partial charge in [0.25, 0.3) is 10.0 Å². The number of ether oxygens (including phenoxy) is 2. The highest BCUT2D eigenvalue weighted by molar-refractivity contribution is 7.92. The van der Waals surface area contributed by atoms with Crippen LogP contribution in [0, 0.1) is 0 Å². The van der Waals surface area contributed by atoms with Crippen LogP contribution in [-0.4, -0.2) is 35.8 Å². The van der Waals surface area contributed by atoms with Gasteiger partial charge >= 0.3 is 5.76 Å². The van der Waals surface area contributed by atoms with Crippen molar-refractivity contribution in [2.75, 3.05) is 17.9 Å². The zero-order valence-electron chi connectivity index (χ0n) is 13.1. The van der Waals surface area contributed by atoms with Gasteiger partial charge in [0.2, 0.25) is 9.84 Å². The maximum absolute atomic E-state index is 12.5. The molecule has 0 aliphatic carbocycles. The Kier molecular flexibility index (Phi) is 4.76. The molecule has 1 aliphatic heterocycles. The van der Waals surface area contributed by atoms with Crippen LogP contribution in [0.15, 0.2) is 52.3 Å². The van der Waals surface area contributed by atoms with Crippen molar-refractivity contribution < 1.29 is 35.1 Å². The van der Waals surface area contributed by atoms with Gasteiger partial charge in [-0.1, -0.05) is 0 Å². The molecule has 2 aromatic carbocycles. The molecular weight excluding hydrogens is 392 g/mol. The van der Waals surface area contributed by atoms with Crippen LogP contribution in [0.3, 0.4) is 0 Å². The smallest absolute Gasteiger partial charge is 0.341 e. The second kappa shape index (κ2) is 6.72. The van der Waals surface area contributed by atoms with E-state index in [1.807, 2.05) is 0 Å². The predicted octanol–water partition coefficient (Wildman–Crippen LogP) is 2.25. The average molecular weight is 405 g/mol. The lowest BCUT2D eigenvalue weighted by Gasteiger charge is -2.19. The Morgan fingerprint density at radius 2 is 1.42 bits per heavy atom. The summed E-state index contributed by atoms with van der Waals surface area (Å²) in [5.74, 6) is -2.84. The molecule has 0 amide bonds. The molecule has 1 N–H and O–H groups in total. The molecule has 140 valence electrons. The van der Waals surface area contributed by atoms with Crippen molar-refractivity contribution in [3.8, 4) is 11.5 Å². The molecule has 7 nitrogen and oxygen atoms in total. The normalized spacial score (nSPS) is 14.3. The number of benzene rings is 2. The maximum atomic E-state index is 12.5. The van der Waals surface area contributed by atoms with Crippen molar-refractivity contribution in [3.63, 3.8) is 0 Å². The van der Waals surface area contributed by atoms with Gasteiger partial charge in [-0.15, -0.1) is 0 Å². The molecule has 1 heterocycles. The molecule has 26 heavy (non-hydrogen) atoms. The van der Waals surface area contributed by atoms with Crippen LogP contribution in [0.25, 0.3) is 0 Å². The van der Waals surface area contributed by atoms with E-state index >= 15 is 0 Å². The Hall–Kier alpha value is -2.40. The zero-order valence-corrected chi connectivity index (χ0v) is 14.7. The van der Waals surface area contributed by atoms with Crippen LogP contribution in [-0.2, 0) is 19.9 Å². The molecule has 2 aromatic rings. The van der Waals surface area contributed by atoms with E-state index in [0.29, 0.717) is 19.0 Å². The van der Waals surface area contributed by atoms with Gasteiger partial charge in [-0.25, -0.2) is 16.8 Å². The number of sulfonamides is 1. The number of rotatable bonds is 5. The molecule has 11 heteroatoms. The Labute approximate surface area is 148 Å². The number of halogens is 2. The first-order chi connectivity index (χ1) is 12.2. The van der Waals surface area contributed by atoms with Gasteiger partial charge in [0.15, 0.2) is 11.5 Å². The van der Waals surface area contributed by atoms with Crippen LogP contribution >= 0.6 is 0 Å². The highest BCUT2D eigenvalue weighted by Gasteiger charge is 2.26.